The highest BCUT2D eigenvalue weighted by Crippen LogP contribution is 2.26. The van der Waals surface area contributed by atoms with Gasteiger partial charge in [0.1, 0.15) is 0 Å². The number of alkyl halides is 1. The van der Waals surface area contributed by atoms with E-state index in [-0.39, 0.29) is 0 Å². The van der Waals surface area contributed by atoms with Crippen LogP contribution in [0.5, 0.6) is 0 Å². The minimum atomic E-state index is 0.680. The third-order valence-corrected chi connectivity index (χ3v) is 4.40. The van der Waals surface area contributed by atoms with E-state index in [4.69, 9.17) is 11.6 Å². The molecule has 2 atom stereocenters. The Labute approximate surface area is 116 Å². The van der Waals surface area contributed by atoms with Crippen molar-refractivity contribution in [2.45, 2.75) is 44.6 Å². The molecule has 1 N–H and O–H groups in total. The first-order valence-corrected chi connectivity index (χ1v) is 7.77. The Morgan fingerprint density at radius 1 is 1.11 bits per heavy atom. The van der Waals surface area contributed by atoms with E-state index in [2.05, 4.69) is 35.6 Å². The lowest BCUT2D eigenvalue weighted by atomic mass is 10.1. The van der Waals surface area contributed by atoms with E-state index < -0.39 is 0 Å². The molecular weight excluding hydrogens is 242 g/mol. The highest BCUT2D eigenvalue weighted by molar-refractivity contribution is 6.18. The summed E-state index contributed by atoms with van der Waals surface area (Å²) in [6.07, 6.45) is 7.71. The largest absolute Gasteiger partial charge is 0.314 e. The number of benzene rings is 1. The van der Waals surface area contributed by atoms with Gasteiger partial charge in [0.25, 0.3) is 0 Å². The molecule has 0 saturated heterocycles. The maximum absolute atomic E-state index is 5.98. The second-order valence-electron chi connectivity index (χ2n) is 5.35. The summed E-state index contributed by atoms with van der Waals surface area (Å²) in [6.45, 7) is 1.14. The van der Waals surface area contributed by atoms with Crippen molar-refractivity contribution in [2.24, 2.45) is 5.92 Å². The van der Waals surface area contributed by atoms with Crippen molar-refractivity contribution < 1.29 is 0 Å². The summed E-state index contributed by atoms with van der Waals surface area (Å²) in [5, 5.41) is 3.68. The van der Waals surface area contributed by atoms with Gasteiger partial charge >= 0.3 is 0 Å². The molecule has 0 heterocycles. The Kier molecular flexibility index (Phi) is 6.02. The van der Waals surface area contributed by atoms with Crippen molar-refractivity contribution in [3.63, 3.8) is 0 Å². The predicted molar refractivity (Wildman–Crippen MR) is 79.2 cm³/mol. The number of halogens is 1. The number of hydrogen-bond acceptors (Lipinski definition) is 1. The van der Waals surface area contributed by atoms with Crippen LogP contribution in [-0.2, 0) is 6.42 Å². The monoisotopic (exact) mass is 265 g/mol. The predicted octanol–water partition coefficient (Wildman–Crippen LogP) is 4.01. The van der Waals surface area contributed by atoms with E-state index in [1.54, 1.807) is 0 Å². The van der Waals surface area contributed by atoms with Gasteiger partial charge in [-0.05, 0) is 50.1 Å². The first-order valence-electron chi connectivity index (χ1n) is 7.23. The van der Waals surface area contributed by atoms with Crippen LogP contribution in [-0.4, -0.2) is 18.5 Å². The fourth-order valence-electron chi connectivity index (χ4n) is 2.88. The van der Waals surface area contributed by atoms with Crippen molar-refractivity contribution in [2.75, 3.05) is 12.4 Å². The molecule has 2 rings (SSSR count). The average Bonchev–Trinajstić information content (AvgIpc) is 2.87. The van der Waals surface area contributed by atoms with E-state index in [9.17, 15) is 0 Å². The smallest absolute Gasteiger partial charge is 0.0266 e. The van der Waals surface area contributed by atoms with Crippen LogP contribution in [0.15, 0.2) is 30.3 Å². The molecule has 1 aliphatic rings. The SMILES string of the molecule is ClCC1CCCC1NCCCCc1ccccc1. The first kappa shape index (κ1) is 13.9. The van der Waals surface area contributed by atoms with Crippen LogP contribution in [0, 0.1) is 5.92 Å². The molecule has 0 radical (unpaired) electrons. The first-order chi connectivity index (χ1) is 8.90. The summed E-state index contributed by atoms with van der Waals surface area (Å²) in [7, 11) is 0. The summed E-state index contributed by atoms with van der Waals surface area (Å²) in [6, 6.07) is 11.4. The van der Waals surface area contributed by atoms with Crippen molar-refractivity contribution >= 4 is 11.6 Å². The zero-order chi connectivity index (χ0) is 12.6. The molecule has 0 amide bonds. The molecule has 1 aromatic carbocycles. The lowest BCUT2D eigenvalue weighted by molar-refractivity contribution is 0.425. The van der Waals surface area contributed by atoms with Gasteiger partial charge in [0.15, 0.2) is 0 Å². The van der Waals surface area contributed by atoms with Crippen molar-refractivity contribution in [3.8, 4) is 0 Å². The normalized spacial score (nSPS) is 23.4. The lowest BCUT2D eigenvalue weighted by Gasteiger charge is -2.18. The van der Waals surface area contributed by atoms with Gasteiger partial charge in [-0.25, -0.2) is 0 Å². The maximum atomic E-state index is 5.98. The zero-order valence-corrected chi connectivity index (χ0v) is 11.8. The van der Waals surface area contributed by atoms with Gasteiger partial charge in [0.2, 0.25) is 0 Å². The van der Waals surface area contributed by atoms with Gasteiger partial charge < -0.3 is 5.32 Å². The molecule has 2 heteroatoms. The molecule has 2 unspecified atom stereocenters. The minimum absolute atomic E-state index is 0.680. The summed E-state index contributed by atoms with van der Waals surface area (Å²) in [5.41, 5.74) is 1.46. The third-order valence-electron chi connectivity index (χ3n) is 4.00. The number of rotatable bonds is 7. The van der Waals surface area contributed by atoms with E-state index in [1.165, 1.54) is 44.1 Å². The Morgan fingerprint density at radius 2 is 1.94 bits per heavy atom. The molecule has 0 aromatic heterocycles. The molecule has 1 saturated carbocycles. The molecular formula is C16H24ClN. The van der Waals surface area contributed by atoms with Gasteiger partial charge in [-0.15, -0.1) is 11.6 Å². The van der Waals surface area contributed by atoms with Gasteiger partial charge in [0, 0.05) is 11.9 Å². The molecule has 100 valence electrons. The summed E-state index contributed by atoms with van der Waals surface area (Å²) < 4.78 is 0. The summed E-state index contributed by atoms with van der Waals surface area (Å²) in [5.74, 6) is 1.53. The van der Waals surface area contributed by atoms with Crippen molar-refractivity contribution in [3.05, 3.63) is 35.9 Å². The second kappa shape index (κ2) is 7.81. The Balaban J connectivity index is 1.56. The Hall–Kier alpha value is -0.530. The van der Waals surface area contributed by atoms with Crippen LogP contribution >= 0.6 is 11.6 Å². The molecule has 0 bridgehead atoms. The lowest BCUT2D eigenvalue weighted by Crippen LogP contribution is -2.33. The molecule has 1 aromatic rings. The fraction of sp³-hybridized carbons (Fsp3) is 0.625. The van der Waals surface area contributed by atoms with Gasteiger partial charge in [-0.2, -0.15) is 0 Å². The number of aryl methyl sites for hydroxylation is 1. The standard InChI is InChI=1S/C16H24ClN/c17-13-15-10-6-11-16(15)18-12-5-4-9-14-7-2-1-3-8-14/h1-3,7-8,15-16,18H,4-6,9-13H2. The molecule has 0 aliphatic heterocycles. The second-order valence-corrected chi connectivity index (χ2v) is 5.66. The van der Waals surface area contributed by atoms with E-state index in [0.717, 1.165) is 12.4 Å². The zero-order valence-electron chi connectivity index (χ0n) is 11.1. The summed E-state index contributed by atoms with van der Waals surface area (Å²) >= 11 is 5.98. The molecule has 1 nitrogen and oxygen atoms in total. The quantitative estimate of drug-likeness (QED) is 0.580. The van der Waals surface area contributed by atoms with Crippen molar-refractivity contribution in [1.29, 1.82) is 0 Å². The maximum Gasteiger partial charge on any atom is 0.0266 e. The van der Waals surface area contributed by atoms with Gasteiger partial charge in [0.05, 0.1) is 0 Å². The van der Waals surface area contributed by atoms with Gasteiger partial charge in [-0.3, -0.25) is 0 Å². The van der Waals surface area contributed by atoms with Crippen LogP contribution in [0.2, 0.25) is 0 Å². The van der Waals surface area contributed by atoms with Crippen LogP contribution < -0.4 is 5.32 Å². The molecule has 0 spiro atoms. The van der Waals surface area contributed by atoms with Crippen LogP contribution in [0.3, 0.4) is 0 Å². The highest BCUT2D eigenvalue weighted by atomic mass is 35.5. The number of nitrogens with one attached hydrogen (secondary N) is 1. The summed E-state index contributed by atoms with van der Waals surface area (Å²) in [4.78, 5) is 0. The highest BCUT2D eigenvalue weighted by Gasteiger charge is 2.25. The third kappa shape index (κ3) is 4.29. The van der Waals surface area contributed by atoms with E-state index >= 15 is 0 Å². The van der Waals surface area contributed by atoms with Crippen LogP contribution in [0.1, 0.15) is 37.7 Å². The fourth-order valence-corrected chi connectivity index (χ4v) is 3.25. The molecule has 1 fully saturated rings. The number of unbranched alkanes of at least 4 members (excludes halogenated alkanes) is 1. The van der Waals surface area contributed by atoms with Crippen molar-refractivity contribution in [1.82, 2.24) is 5.32 Å². The average molecular weight is 266 g/mol. The van der Waals surface area contributed by atoms with E-state index in [1.807, 2.05) is 0 Å². The number of hydrogen-bond donors (Lipinski definition) is 1. The topological polar surface area (TPSA) is 12.0 Å². The Morgan fingerprint density at radius 3 is 2.72 bits per heavy atom. The Bertz CT molecular complexity index is 325. The van der Waals surface area contributed by atoms with Crippen LogP contribution in [0.4, 0.5) is 0 Å². The minimum Gasteiger partial charge on any atom is -0.314 e. The van der Waals surface area contributed by atoms with E-state index in [0.29, 0.717) is 12.0 Å². The van der Waals surface area contributed by atoms with Crippen LogP contribution in [0.25, 0.3) is 0 Å². The van der Waals surface area contributed by atoms with Gasteiger partial charge in [-0.1, -0.05) is 36.8 Å². The molecule has 18 heavy (non-hydrogen) atoms. The molecule has 1 aliphatic carbocycles.